The molecule has 0 bridgehead atoms. The highest BCUT2D eigenvalue weighted by atomic mass is 16.3. The number of hydrogen-bond donors (Lipinski definition) is 1. The topological polar surface area (TPSA) is 32.6 Å². The second-order valence-electron chi connectivity index (χ2n) is 3.86. The first-order chi connectivity index (χ1) is 6.52. The Hall–Kier alpha value is -0.630. The van der Waals surface area contributed by atoms with Gasteiger partial charge in [0.25, 0.3) is 0 Å². The number of rotatable bonds is 6. The van der Waals surface area contributed by atoms with E-state index in [2.05, 4.69) is 18.5 Å². The molecule has 0 aromatic rings. The zero-order valence-corrected chi connectivity index (χ0v) is 9.88. The summed E-state index contributed by atoms with van der Waals surface area (Å²) in [7, 11) is 1.77. The first-order valence-electron chi connectivity index (χ1n) is 5.30. The van der Waals surface area contributed by atoms with E-state index < -0.39 is 0 Å². The summed E-state index contributed by atoms with van der Waals surface area (Å²) >= 11 is 0. The van der Waals surface area contributed by atoms with Crippen LogP contribution in [0.2, 0.25) is 0 Å². The normalized spacial score (nSPS) is 16.5. The fourth-order valence-corrected chi connectivity index (χ4v) is 1.26. The molecule has 14 heavy (non-hydrogen) atoms. The summed E-state index contributed by atoms with van der Waals surface area (Å²) in [6, 6.07) is 0. The highest BCUT2D eigenvalue weighted by molar-refractivity contribution is 5.84. The van der Waals surface area contributed by atoms with E-state index in [1.54, 1.807) is 7.05 Å². The van der Waals surface area contributed by atoms with E-state index in [0.717, 1.165) is 25.0 Å². The molecule has 0 saturated carbocycles. The fourth-order valence-electron chi connectivity index (χ4n) is 1.26. The lowest BCUT2D eigenvalue weighted by atomic mass is 9.94. The standard InChI is InChI=1S/C12H23NO/c1-6-9(2)7-8-12(14)10(3)11(4)13-5/h10,12,14H,2,6-8H2,1,3-5H3/t10-,12?/m0/s1. The molecule has 2 nitrogen and oxygen atoms in total. The van der Waals surface area contributed by atoms with Crippen molar-refractivity contribution in [2.45, 2.75) is 46.1 Å². The van der Waals surface area contributed by atoms with Gasteiger partial charge in [0.2, 0.25) is 0 Å². The Labute approximate surface area is 87.8 Å². The third-order valence-electron chi connectivity index (χ3n) is 2.88. The van der Waals surface area contributed by atoms with Crippen LogP contribution in [0.5, 0.6) is 0 Å². The van der Waals surface area contributed by atoms with Crippen molar-refractivity contribution in [3.63, 3.8) is 0 Å². The minimum atomic E-state index is -0.290. The van der Waals surface area contributed by atoms with Gasteiger partial charge in [-0.3, -0.25) is 4.99 Å². The molecular weight excluding hydrogens is 174 g/mol. The Morgan fingerprint density at radius 2 is 2.07 bits per heavy atom. The second kappa shape index (κ2) is 6.77. The molecule has 0 fully saturated rings. The van der Waals surface area contributed by atoms with Gasteiger partial charge in [0.05, 0.1) is 6.10 Å². The maximum absolute atomic E-state index is 9.84. The van der Waals surface area contributed by atoms with Gasteiger partial charge < -0.3 is 5.11 Å². The summed E-state index contributed by atoms with van der Waals surface area (Å²) in [6.45, 7) is 10.00. The van der Waals surface area contributed by atoms with Crippen molar-refractivity contribution in [3.8, 4) is 0 Å². The molecule has 1 unspecified atom stereocenters. The van der Waals surface area contributed by atoms with Crippen LogP contribution in [-0.2, 0) is 0 Å². The zero-order valence-electron chi connectivity index (χ0n) is 9.88. The van der Waals surface area contributed by atoms with Crippen LogP contribution in [0.1, 0.15) is 40.0 Å². The average molecular weight is 197 g/mol. The zero-order chi connectivity index (χ0) is 11.1. The van der Waals surface area contributed by atoms with E-state index in [1.807, 2.05) is 13.8 Å². The monoisotopic (exact) mass is 197 g/mol. The van der Waals surface area contributed by atoms with Gasteiger partial charge in [0.1, 0.15) is 0 Å². The first-order valence-corrected chi connectivity index (χ1v) is 5.30. The Morgan fingerprint density at radius 3 is 2.50 bits per heavy atom. The predicted molar refractivity (Wildman–Crippen MR) is 62.9 cm³/mol. The van der Waals surface area contributed by atoms with Gasteiger partial charge in [-0.1, -0.05) is 26.0 Å². The number of aliphatic hydroxyl groups is 1. The summed E-state index contributed by atoms with van der Waals surface area (Å²) in [4.78, 5) is 4.09. The van der Waals surface area contributed by atoms with E-state index in [0.29, 0.717) is 0 Å². The minimum absolute atomic E-state index is 0.157. The maximum Gasteiger partial charge on any atom is 0.0620 e. The lowest BCUT2D eigenvalue weighted by Gasteiger charge is -2.18. The molecule has 0 aromatic heterocycles. The molecule has 0 aliphatic rings. The molecule has 2 atom stereocenters. The van der Waals surface area contributed by atoms with Gasteiger partial charge in [-0.15, -0.1) is 0 Å². The van der Waals surface area contributed by atoms with Crippen molar-refractivity contribution in [1.29, 1.82) is 0 Å². The first kappa shape index (κ1) is 13.4. The molecule has 2 heteroatoms. The highest BCUT2D eigenvalue weighted by Gasteiger charge is 2.16. The second-order valence-corrected chi connectivity index (χ2v) is 3.86. The molecule has 82 valence electrons. The van der Waals surface area contributed by atoms with Crippen LogP contribution in [0, 0.1) is 5.92 Å². The molecule has 0 amide bonds. The van der Waals surface area contributed by atoms with Gasteiger partial charge >= 0.3 is 0 Å². The van der Waals surface area contributed by atoms with E-state index in [4.69, 9.17) is 0 Å². The van der Waals surface area contributed by atoms with Gasteiger partial charge in [0.15, 0.2) is 0 Å². The molecule has 0 aromatic carbocycles. The van der Waals surface area contributed by atoms with Crippen LogP contribution in [0.4, 0.5) is 0 Å². The van der Waals surface area contributed by atoms with Crippen molar-refractivity contribution in [2.75, 3.05) is 7.05 Å². The molecular formula is C12H23NO. The van der Waals surface area contributed by atoms with Gasteiger partial charge in [0, 0.05) is 18.7 Å². The van der Waals surface area contributed by atoms with E-state index >= 15 is 0 Å². The summed E-state index contributed by atoms with van der Waals surface area (Å²) in [5, 5.41) is 9.84. The van der Waals surface area contributed by atoms with Crippen LogP contribution < -0.4 is 0 Å². The number of aliphatic hydroxyl groups excluding tert-OH is 1. The Morgan fingerprint density at radius 1 is 1.50 bits per heavy atom. The number of nitrogens with zero attached hydrogens (tertiary/aromatic N) is 1. The Balaban J connectivity index is 3.96. The summed E-state index contributed by atoms with van der Waals surface area (Å²) in [5.74, 6) is 0.157. The molecule has 1 N–H and O–H groups in total. The number of hydrogen-bond acceptors (Lipinski definition) is 2. The van der Waals surface area contributed by atoms with Crippen molar-refractivity contribution in [3.05, 3.63) is 12.2 Å². The van der Waals surface area contributed by atoms with Gasteiger partial charge in [-0.05, 0) is 26.2 Å². The van der Waals surface area contributed by atoms with Crippen molar-refractivity contribution >= 4 is 5.71 Å². The lowest BCUT2D eigenvalue weighted by molar-refractivity contribution is 0.135. The van der Waals surface area contributed by atoms with Crippen LogP contribution >= 0.6 is 0 Å². The van der Waals surface area contributed by atoms with E-state index in [1.165, 1.54) is 5.57 Å². The van der Waals surface area contributed by atoms with E-state index in [9.17, 15) is 5.11 Å². The third-order valence-corrected chi connectivity index (χ3v) is 2.88. The lowest BCUT2D eigenvalue weighted by Crippen LogP contribution is -2.23. The summed E-state index contributed by atoms with van der Waals surface area (Å²) in [5.41, 5.74) is 2.22. The van der Waals surface area contributed by atoms with Crippen LogP contribution in [0.3, 0.4) is 0 Å². The van der Waals surface area contributed by atoms with Crippen molar-refractivity contribution in [2.24, 2.45) is 10.9 Å². The third kappa shape index (κ3) is 4.56. The fraction of sp³-hybridized carbons (Fsp3) is 0.750. The van der Waals surface area contributed by atoms with Gasteiger partial charge in [-0.25, -0.2) is 0 Å². The Kier molecular flexibility index (Phi) is 6.46. The quantitative estimate of drug-likeness (QED) is 0.515. The number of allylic oxidation sites excluding steroid dienone is 1. The van der Waals surface area contributed by atoms with Crippen LogP contribution in [0.15, 0.2) is 17.1 Å². The molecule has 0 heterocycles. The largest absolute Gasteiger partial charge is 0.392 e. The average Bonchev–Trinajstić information content (AvgIpc) is 2.22. The Bertz CT molecular complexity index is 208. The maximum atomic E-state index is 9.84. The molecule has 0 aliphatic carbocycles. The smallest absolute Gasteiger partial charge is 0.0620 e. The van der Waals surface area contributed by atoms with Crippen molar-refractivity contribution in [1.82, 2.24) is 0 Å². The van der Waals surface area contributed by atoms with E-state index in [-0.39, 0.29) is 12.0 Å². The number of aliphatic imine (C=N–C) groups is 1. The summed E-state index contributed by atoms with van der Waals surface area (Å²) in [6.07, 6.45) is 2.42. The molecule has 0 spiro atoms. The molecule has 0 rings (SSSR count). The summed E-state index contributed by atoms with van der Waals surface area (Å²) < 4.78 is 0. The minimum Gasteiger partial charge on any atom is -0.392 e. The van der Waals surface area contributed by atoms with Gasteiger partial charge in [-0.2, -0.15) is 0 Å². The van der Waals surface area contributed by atoms with Crippen molar-refractivity contribution < 1.29 is 5.11 Å². The SMILES string of the molecule is C=C(CC)CCC(O)[C@@H](C)C(C)=NC. The predicted octanol–water partition coefficient (Wildman–Crippen LogP) is 2.82. The highest BCUT2D eigenvalue weighted by Crippen LogP contribution is 2.15. The molecule has 0 aliphatic heterocycles. The molecule has 0 radical (unpaired) electrons. The molecule has 0 saturated heterocycles. The van der Waals surface area contributed by atoms with Crippen LogP contribution in [0.25, 0.3) is 0 Å². The van der Waals surface area contributed by atoms with Crippen LogP contribution in [-0.4, -0.2) is 24.0 Å².